The zero-order valence-electron chi connectivity index (χ0n) is 11.8. The van der Waals surface area contributed by atoms with Crippen molar-refractivity contribution in [3.8, 4) is 0 Å². The number of aromatic nitrogens is 4. The molecule has 0 aliphatic rings. The Labute approximate surface area is 122 Å². The lowest BCUT2D eigenvalue weighted by molar-refractivity contribution is 0.110. The van der Waals surface area contributed by atoms with Crippen LogP contribution in [0.15, 0.2) is 0 Å². The van der Waals surface area contributed by atoms with Gasteiger partial charge in [0.15, 0.2) is 12.6 Å². The minimum atomic E-state index is -2.93. The molecule has 2 aromatic heterocycles. The minimum absolute atomic E-state index is 0.0316. The number of alkyl halides is 2. The normalized spacial score (nSPS) is 10.4. The van der Waals surface area contributed by atoms with E-state index in [4.69, 9.17) is 0 Å². The van der Waals surface area contributed by atoms with E-state index in [9.17, 15) is 27.2 Å². The molecule has 0 bridgehead atoms. The van der Waals surface area contributed by atoms with Gasteiger partial charge < -0.3 is 0 Å². The van der Waals surface area contributed by atoms with Crippen molar-refractivity contribution in [1.82, 2.24) is 19.6 Å². The van der Waals surface area contributed by atoms with Crippen LogP contribution in [0.4, 0.5) is 17.6 Å². The maximum absolute atomic E-state index is 12.7. The molecule has 2 heterocycles. The summed E-state index contributed by atoms with van der Waals surface area (Å²) in [5, 5.41) is 6.83. The third kappa shape index (κ3) is 3.38. The van der Waals surface area contributed by atoms with Crippen molar-refractivity contribution in [2.75, 3.05) is 0 Å². The van der Waals surface area contributed by atoms with Gasteiger partial charge in [-0.05, 0) is 6.92 Å². The van der Waals surface area contributed by atoms with Gasteiger partial charge in [-0.1, -0.05) is 0 Å². The summed E-state index contributed by atoms with van der Waals surface area (Å²) in [7, 11) is 2.60. The molecule has 0 fully saturated rings. The van der Waals surface area contributed by atoms with Crippen LogP contribution in [0.25, 0.3) is 0 Å². The first-order chi connectivity index (χ1) is 10.2. The van der Waals surface area contributed by atoms with Crippen molar-refractivity contribution >= 4 is 12.6 Å². The maximum Gasteiger partial charge on any atom is 0.282 e. The van der Waals surface area contributed by atoms with E-state index in [0.29, 0.717) is 16.7 Å². The molecule has 22 heavy (non-hydrogen) atoms. The zero-order chi connectivity index (χ0) is 17.0. The van der Waals surface area contributed by atoms with Crippen LogP contribution in [0.1, 0.15) is 38.5 Å². The number of nitrogens with zero attached hydrogens (tertiary/aromatic N) is 4. The number of aldehydes is 2. The molecule has 0 radical (unpaired) electrons. The van der Waals surface area contributed by atoms with Gasteiger partial charge in [0.1, 0.15) is 5.69 Å². The molecule has 2 rings (SSSR count). The number of rotatable bonds is 3. The van der Waals surface area contributed by atoms with Gasteiger partial charge in [0.2, 0.25) is 11.9 Å². The predicted molar refractivity (Wildman–Crippen MR) is 66.8 cm³/mol. The van der Waals surface area contributed by atoms with Crippen LogP contribution in [0.2, 0.25) is 0 Å². The Morgan fingerprint density at radius 3 is 1.68 bits per heavy atom. The number of carbonyl (C=O) groups is 2. The van der Waals surface area contributed by atoms with Crippen LogP contribution >= 0.6 is 0 Å². The quantitative estimate of drug-likeness (QED) is 0.640. The van der Waals surface area contributed by atoms with E-state index in [1.165, 1.54) is 7.05 Å². The third-order valence-electron chi connectivity index (χ3n) is 2.68. The highest BCUT2D eigenvalue weighted by Crippen LogP contribution is 2.21. The molecule has 0 spiro atoms. The molecular formula is C12H12F4N4O2. The van der Waals surface area contributed by atoms with Crippen LogP contribution in [0, 0.1) is 18.8 Å². The van der Waals surface area contributed by atoms with Gasteiger partial charge in [-0.15, -0.1) is 0 Å². The standard InChI is InChI=1S/C6H5F3N2O.C6H7FN2O/c1-11-6(9)3(2-12)4(10-11)5(7)8;1-4-5(3-10)6(7)9(2)8-4/h2,5H,1H3;3H,1-2H3. The van der Waals surface area contributed by atoms with Crippen molar-refractivity contribution < 1.29 is 27.2 Å². The zero-order valence-corrected chi connectivity index (χ0v) is 11.8. The Hall–Kier alpha value is -2.52. The molecule has 0 aliphatic heterocycles. The molecule has 0 aromatic carbocycles. The highest BCUT2D eigenvalue weighted by molar-refractivity contribution is 5.76. The van der Waals surface area contributed by atoms with E-state index < -0.39 is 29.6 Å². The van der Waals surface area contributed by atoms with Crippen LogP contribution < -0.4 is 0 Å². The van der Waals surface area contributed by atoms with Crippen LogP contribution in [-0.4, -0.2) is 32.1 Å². The fraction of sp³-hybridized carbons (Fsp3) is 0.333. The van der Waals surface area contributed by atoms with Gasteiger partial charge in [-0.2, -0.15) is 19.0 Å². The summed E-state index contributed by atoms with van der Waals surface area (Å²) in [4.78, 5) is 20.3. The first-order valence-electron chi connectivity index (χ1n) is 5.84. The lowest BCUT2D eigenvalue weighted by Gasteiger charge is -1.90. The summed E-state index contributed by atoms with van der Waals surface area (Å²) in [6, 6.07) is 0. The van der Waals surface area contributed by atoms with Crippen LogP contribution in [0.5, 0.6) is 0 Å². The molecule has 0 saturated carbocycles. The van der Waals surface area contributed by atoms with Gasteiger partial charge >= 0.3 is 0 Å². The van der Waals surface area contributed by atoms with Crippen LogP contribution in [-0.2, 0) is 14.1 Å². The Kier molecular flexibility index (Phi) is 5.55. The van der Waals surface area contributed by atoms with Crippen molar-refractivity contribution in [3.63, 3.8) is 0 Å². The average molecular weight is 320 g/mol. The van der Waals surface area contributed by atoms with Gasteiger partial charge in [-0.25, -0.2) is 18.1 Å². The fourth-order valence-electron chi connectivity index (χ4n) is 1.59. The predicted octanol–water partition coefficient (Wildman–Crippen LogP) is 1.99. The number of halogens is 4. The minimum Gasteiger partial charge on any atom is -0.298 e. The second kappa shape index (κ2) is 6.96. The second-order valence-electron chi connectivity index (χ2n) is 4.16. The van der Waals surface area contributed by atoms with Crippen molar-refractivity contribution in [1.29, 1.82) is 0 Å². The second-order valence-corrected chi connectivity index (χ2v) is 4.16. The molecule has 0 aliphatic carbocycles. The smallest absolute Gasteiger partial charge is 0.282 e. The first-order valence-corrected chi connectivity index (χ1v) is 5.84. The summed E-state index contributed by atoms with van der Waals surface area (Å²) >= 11 is 0. The molecule has 0 atom stereocenters. The highest BCUT2D eigenvalue weighted by atomic mass is 19.3. The molecule has 6 nitrogen and oxygen atoms in total. The topological polar surface area (TPSA) is 69.8 Å². The molecule has 0 N–H and O–H groups in total. The molecule has 2 aromatic rings. The Balaban J connectivity index is 0.000000224. The molecule has 10 heteroatoms. The summed E-state index contributed by atoms with van der Waals surface area (Å²) < 4.78 is 51.1. The number of hydrogen-bond acceptors (Lipinski definition) is 4. The SMILES string of the molecule is Cc1nn(C)c(F)c1C=O.Cn1nc(C(F)F)c(C=O)c1F. The molecular weight excluding hydrogens is 308 g/mol. The highest BCUT2D eigenvalue weighted by Gasteiger charge is 2.22. The lowest BCUT2D eigenvalue weighted by Crippen LogP contribution is -1.94. The number of hydrogen-bond donors (Lipinski definition) is 0. The summed E-state index contributed by atoms with van der Waals surface area (Å²) in [5.41, 5.74) is -1.02. The van der Waals surface area contributed by atoms with Gasteiger partial charge in [0, 0.05) is 14.1 Å². The van der Waals surface area contributed by atoms with E-state index in [0.717, 1.165) is 11.7 Å². The molecule has 0 unspecified atom stereocenters. The van der Waals surface area contributed by atoms with Gasteiger partial charge in [0.25, 0.3) is 6.43 Å². The Morgan fingerprint density at radius 1 is 0.955 bits per heavy atom. The van der Waals surface area contributed by atoms with Gasteiger partial charge in [-0.3, -0.25) is 9.59 Å². The number of aryl methyl sites for hydroxylation is 3. The molecule has 120 valence electrons. The van der Waals surface area contributed by atoms with E-state index in [2.05, 4.69) is 10.2 Å². The van der Waals surface area contributed by atoms with Gasteiger partial charge in [0.05, 0.1) is 16.8 Å². The third-order valence-corrected chi connectivity index (χ3v) is 2.68. The fourth-order valence-corrected chi connectivity index (χ4v) is 1.59. The first kappa shape index (κ1) is 17.5. The van der Waals surface area contributed by atoms with Crippen molar-refractivity contribution in [2.24, 2.45) is 14.1 Å². The van der Waals surface area contributed by atoms with E-state index >= 15 is 0 Å². The lowest BCUT2D eigenvalue weighted by atomic mass is 10.3. The Bertz CT molecular complexity index is 694. The maximum atomic E-state index is 12.7. The van der Waals surface area contributed by atoms with Crippen LogP contribution in [0.3, 0.4) is 0 Å². The van der Waals surface area contributed by atoms with E-state index in [1.807, 2.05) is 0 Å². The average Bonchev–Trinajstić information content (AvgIpc) is 2.88. The van der Waals surface area contributed by atoms with E-state index in [-0.39, 0.29) is 11.8 Å². The summed E-state index contributed by atoms with van der Waals surface area (Å²) in [5.74, 6) is -1.62. The Morgan fingerprint density at radius 2 is 1.41 bits per heavy atom. The largest absolute Gasteiger partial charge is 0.298 e. The van der Waals surface area contributed by atoms with E-state index in [1.54, 1.807) is 6.92 Å². The van der Waals surface area contributed by atoms with Crippen molar-refractivity contribution in [3.05, 3.63) is 34.4 Å². The molecule has 0 amide bonds. The van der Waals surface area contributed by atoms with Crippen molar-refractivity contribution in [2.45, 2.75) is 13.3 Å². The molecule has 0 saturated heterocycles. The summed E-state index contributed by atoms with van der Waals surface area (Å²) in [6.45, 7) is 1.59. The summed E-state index contributed by atoms with van der Waals surface area (Å²) in [6.07, 6.45) is -2.43. The number of carbonyl (C=O) groups excluding carboxylic acids is 2. The monoisotopic (exact) mass is 320 g/mol.